The van der Waals surface area contributed by atoms with E-state index in [4.69, 9.17) is 18.8 Å². The zero-order valence-corrected chi connectivity index (χ0v) is 20.2. The summed E-state index contributed by atoms with van der Waals surface area (Å²) in [6.07, 6.45) is 4.05. The monoisotopic (exact) mass is 461 g/mol. The van der Waals surface area contributed by atoms with E-state index in [0.717, 1.165) is 23.1 Å². The second kappa shape index (κ2) is 12.9. The van der Waals surface area contributed by atoms with E-state index in [2.05, 4.69) is 4.98 Å². The molecule has 0 saturated heterocycles. The van der Waals surface area contributed by atoms with Crippen molar-refractivity contribution in [3.63, 3.8) is 0 Å². The highest BCUT2D eigenvalue weighted by Gasteiger charge is 2.30. The van der Waals surface area contributed by atoms with E-state index in [1.54, 1.807) is 40.3 Å². The van der Waals surface area contributed by atoms with Crippen molar-refractivity contribution in [1.29, 1.82) is 0 Å². The van der Waals surface area contributed by atoms with Gasteiger partial charge in [0.1, 0.15) is 0 Å². The fraction of sp³-hybridized carbons (Fsp3) is 0.542. The Balaban J connectivity index is 2.12. The first-order valence-electron chi connectivity index (χ1n) is 11.2. The molecule has 2 atom stereocenters. The molecule has 182 valence electrons. The minimum atomic E-state index is -1.48. The number of rotatable bonds is 14. The van der Waals surface area contributed by atoms with Gasteiger partial charge in [-0.3, -0.25) is 4.98 Å². The second-order valence-corrected chi connectivity index (χ2v) is 8.67. The third-order valence-electron chi connectivity index (χ3n) is 5.06. The van der Waals surface area contributed by atoms with Crippen molar-refractivity contribution in [2.45, 2.75) is 58.2 Å². The summed E-state index contributed by atoms with van der Waals surface area (Å²) in [5.74, 6) is 0.902. The first kappa shape index (κ1) is 27.1. The van der Waals surface area contributed by atoms with Gasteiger partial charge in [-0.15, -0.1) is 0 Å². The number of benzene rings is 1. The number of hydrogen-bond donors (Lipinski definition) is 3. The summed E-state index contributed by atoms with van der Waals surface area (Å²) in [6, 6.07) is 7.60. The molecule has 0 aliphatic heterocycles. The fourth-order valence-corrected chi connectivity index (χ4v) is 3.54. The third-order valence-corrected chi connectivity index (χ3v) is 5.06. The summed E-state index contributed by atoms with van der Waals surface area (Å²) in [7, 11) is 0.120. The molecule has 2 rings (SSSR count). The van der Waals surface area contributed by atoms with E-state index in [-0.39, 0.29) is 13.2 Å². The van der Waals surface area contributed by atoms with Crippen LogP contribution in [-0.2, 0) is 9.31 Å². The van der Waals surface area contributed by atoms with Crippen LogP contribution in [0.15, 0.2) is 36.7 Å². The summed E-state index contributed by atoms with van der Waals surface area (Å²) in [6.45, 7) is 7.63. The number of methoxy groups -OCH3 is 1. The van der Waals surface area contributed by atoms with Crippen molar-refractivity contribution >= 4 is 7.32 Å². The van der Waals surface area contributed by atoms with E-state index in [1.165, 1.54) is 0 Å². The van der Waals surface area contributed by atoms with Crippen molar-refractivity contribution in [3.05, 3.63) is 42.2 Å². The van der Waals surface area contributed by atoms with Crippen LogP contribution in [0.4, 0.5) is 0 Å². The lowest BCUT2D eigenvalue weighted by Gasteiger charge is -2.28. The summed E-state index contributed by atoms with van der Waals surface area (Å²) in [5.41, 5.74) is 1.74. The van der Waals surface area contributed by atoms with Gasteiger partial charge >= 0.3 is 7.32 Å². The van der Waals surface area contributed by atoms with Crippen LogP contribution in [0.3, 0.4) is 0 Å². The molecular weight excluding hydrogens is 425 g/mol. The zero-order valence-electron chi connectivity index (χ0n) is 20.2. The lowest BCUT2D eigenvalue weighted by molar-refractivity contribution is -0.00453. The minimum Gasteiger partial charge on any atom is -0.493 e. The average Bonchev–Trinajstić information content (AvgIpc) is 2.76. The molecule has 0 amide bonds. The normalized spacial score (nSPS) is 13.5. The number of pyridine rings is 1. The molecule has 0 radical (unpaired) electrons. The molecule has 0 bridgehead atoms. The molecule has 0 fully saturated rings. The van der Waals surface area contributed by atoms with Crippen molar-refractivity contribution in [1.82, 2.24) is 4.98 Å². The smallest absolute Gasteiger partial charge is 0.493 e. The maximum absolute atomic E-state index is 10.1. The van der Waals surface area contributed by atoms with Crippen molar-refractivity contribution in [2.75, 3.05) is 26.9 Å². The number of ether oxygens (including phenoxy) is 2. The Kier molecular flexibility index (Phi) is 10.6. The van der Waals surface area contributed by atoms with E-state index in [1.807, 2.05) is 31.2 Å². The van der Waals surface area contributed by atoms with Gasteiger partial charge in [-0.05, 0) is 56.5 Å². The first-order chi connectivity index (χ1) is 15.7. The highest BCUT2D eigenvalue weighted by molar-refractivity contribution is 6.34. The topological polar surface area (TPSA) is 111 Å². The van der Waals surface area contributed by atoms with Crippen LogP contribution in [0.5, 0.6) is 11.5 Å². The van der Waals surface area contributed by atoms with E-state index in [9.17, 15) is 15.2 Å². The molecule has 1 aromatic heterocycles. The van der Waals surface area contributed by atoms with Gasteiger partial charge in [0, 0.05) is 36.9 Å². The van der Waals surface area contributed by atoms with E-state index < -0.39 is 24.9 Å². The van der Waals surface area contributed by atoms with Gasteiger partial charge in [0.05, 0.1) is 32.0 Å². The Bertz CT molecular complexity index is 862. The van der Waals surface area contributed by atoms with Gasteiger partial charge in [-0.2, -0.15) is 0 Å². The maximum Gasteiger partial charge on any atom is 0.637 e. The highest BCUT2D eigenvalue weighted by atomic mass is 16.7. The van der Waals surface area contributed by atoms with Gasteiger partial charge in [0.15, 0.2) is 11.5 Å². The first-order valence-corrected chi connectivity index (χ1v) is 11.2. The summed E-state index contributed by atoms with van der Waals surface area (Å²) < 4.78 is 22.1. The van der Waals surface area contributed by atoms with Gasteiger partial charge in [0.25, 0.3) is 0 Å². The maximum atomic E-state index is 10.1. The SMILES string of the molecule is CCCOc1cc(-c2cncc([C@@H](CO)COB(O)OC(C)(C)CC(C)O)c2)ccc1OC. The summed E-state index contributed by atoms with van der Waals surface area (Å²) >= 11 is 0. The number of hydrogen-bond acceptors (Lipinski definition) is 8. The Morgan fingerprint density at radius 1 is 1.12 bits per heavy atom. The molecule has 8 nitrogen and oxygen atoms in total. The Hall–Kier alpha value is -2.17. The third kappa shape index (κ3) is 8.60. The van der Waals surface area contributed by atoms with Crippen LogP contribution >= 0.6 is 0 Å². The molecule has 9 heteroatoms. The molecule has 1 aromatic carbocycles. The molecule has 0 saturated carbocycles. The quantitative estimate of drug-likeness (QED) is 0.368. The van der Waals surface area contributed by atoms with Crippen LogP contribution in [0.25, 0.3) is 11.1 Å². The van der Waals surface area contributed by atoms with Crippen LogP contribution in [0.1, 0.15) is 52.0 Å². The average molecular weight is 461 g/mol. The van der Waals surface area contributed by atoms with E-state index >= 15 is 0 Å². The van der Waals surface area contributed by atoms with Gasteiger partial charge in [-0.25, -0.2) is 0 Å². The molecule has 0 spiro atoms. The van der Waals surface area contributed by atoms with Crippen LogP contribution in [0, 0.1) is 0 Å². The standard InChI is InChI=1S/C24H36BNO7/c1-6-9-31-23-11-18(7-8-22(23)30-5)19-10-20(14-26-13-19)21(15-27)16-32-25(29)33-24(3,4)12-17(2)28/h7-8,10-11,13-14,17,21,27-29H,6,9,12,15-16H2,1-5H3/t17?,21-/m0/s1. The lowest BCUT2D eigenvalue weighted by Crippen LogP contribution is -2.38. The van der Waals surface area contributed by atoms with Crippen LogP contribution < -0.4 is 9.47 Å². The molecular formula is C24H36BNO7. The second-order valence-electron chi connectivity index (χ2n) is 8.67. The van der Waals surface area contributed by atoms with Crippen LogP contribution in [0.2, 0.25) is 0 Å². The lowest BCUT2D eigenvalue weighted by atomic mass is 9.97. The molecule has 1 unspecified atom stereocenters. The minimum absolute atomic E-state index is 0.0288. The summed E-state index contributed by atoms with van der Waals surface area (Å²) in [4.78, 5) is 4.32. The van der Waals surface area contributed by atoms with E-state index in [0.29, 0.717) is 24.5 Å². The predicted octanol–water partition coefficient (Wildman–Crippen LogP) is 3.18. The van der Waals surface area contributed by atoms with Gasteiger partial charge in [0.2, 0.25) is 0 Å². The predicted molar refractivity (Wildman–Crippen MR) is 127 cm³/mol. The molecule has 0 aliphatic rings. The van der Waals surface area contributed by atoms with Crippen molar-refractivity contribution in [2.24, 2.45) is 0 Å². The fourth-order valence-electron chi connectivity index (χ4n) is 3.54. The molecule has 3 N–H and O–H groups in total. The number of aliphatic hydroxyl groups excluding tert-OH is 2. The van der Waals surface area contributed by atoms with Crippen molar-refractivity contribution < 1.29 is 34.0 Å². The Morgan fingerprint density at radius 2 is 1.88 bits per heavy atom. The van der Waals surface area contributed by atoms with Crippen molar-refractivity contribution in [3.8, 4) is 22.6 Å². The molecule has 2 aromatic rings. The molecule has 0 aliphatic carbocycles. The largest absolute Gasteiger partial charge is 0.637 e. The van der Waals surface area contributed by atoms with Crippen LogP contribution in [-0.4, -0.2) is 66.2 Å². The number of aliphatic hydroxyl groups is 2. The summed E-state index contributed by atoms with van der Waals surface area (Å²) in [5, 5.41) is 29.6. The Morgan fingerprint density at radius 3 is 2.52 bits per heavy atom. The Labute approximate surface area is 196 Å². The van der Waals surface area contributed by atoms with Gasteiger partial charge in [-0.1, -0.05) is 13.0 Å². The number of aromatic nitrogens is 1. The van der Waals surface area contributed by atoms with Gasteiger partial charge < -0.3 is 34.0 Å². The molecule has 1 heterocycles. The highest BCUT2D eigenvalue weighted by Crippen LogP contribution is 2.33. The zero-order chi connectivity index (χ0) is 24.4. The number of nitrogens with zero attached hydrogens (tertiary/aromatic N) is 1. The molecule has 33 heavy (non-hydrogen) atoms.